The Morgan fingerprint density at radius 1 is 1.24 bits per heavy atom. The van der Waals surface area contributed by atoms with E-state index in [0.717, 1.165) is 11.3 Å². The van der Waals surface area contributed by atoms with Crippen LogP contribution in [0.3, 0.4) is 0 Å². The van der Waals surface area contributed by atoms with Gasteiger partial charge in [0.1, 0.15) is 11.5 Å². The highest BCUT2D eigenvalue weighted by molar-refractivity contribution is 6.44. The summed E-state index contributed by atoms with van der Waals surface area (Å²) in [4.78, 5) is 34.6. The fraction of sp³-hybridized carbons (Fsp3) is 0.211. The zero-order valence-corrected chi connectivity index (χ0v) is 16.0. The summed E-state index contributed by atoms with van der Waals surface area (Å²) < 4.78 is 1.71. The summed E-state index contributed by atoms with van der Waals surface area (Å²) >= 11 is 0. The number of aromatic nitrogens is 3. The van der Waals surface area contributed by atoms with Crippen LogP contribution in [0.1, 0.15) is 6.92 Å². The predicted octanol–water partition coefficient (Wildman–Crippen LogP) is 2.23. The number of nitrogens with zero attached hydrogens (tertiary/aromatic N) is 5. The summed E-state index contributed by atoms with van der Waals surface area (Å²) in [5, 5.41) is 13.6. The Bertz CT molecular complexity index is 1080. The number of hydrogen-bond donors (Lipinski definition) is 3. The third kappa shape index (κ3) is 4.15. The van der Waals surface area contributed by atoms with Crippen LogP contribution >= 0.6 is 0 Å². The van der Waals surface area contributed by atoms with Gasteiger partial charge in [-0.3, -0.25) is 19.4 Å². The van der Waals surface area contributed by atoms with E-state index in [9.17, 15) is 9.59 Å². The van der Waals surface area contributed by atoms with Crippen LogP contribution in [0, 0.1) is 10.9 Å². The molecule has 0 aliphatic carbocycles. The molecule has 0 bridgehead atoms. The average Bonchev–Trinajstić information content (AvgIpc) is 3.17. The molecule has 1 atom stereocenters. The maximum Gasteiger partial charge on any atom is 0.270 e. The van der Waals surface area contributed by atoms with Gasteiger partial charge in [0.25, 0.3) is 11.8 Å². The Hall–Kier alpha value is -3.95. The number of fused-ring (bicyclic) bond motifs is 1. The van der Waals surface area contributed by atoms with Crippen LogP contribution in [0.5, 0.6) is 0 Å². The zero-order chi connectivity index (χ0) is 21.0. The molecule has 29 heavy (non-hydrogen) atoms. The lowest BCUT2D eigenvalue weighted by Gasteiger charge is -2.17. The predicted molar refractivity (Wildman–Crippen MR) is 107 cm³/mol. The fourth-order valence-corrected chi connectivity index (χ4v) is 2.60. The maximum absolute atomic E-state index is 12.5. The van der Waals surface area contributed by atoms with E-state index in [1.165, 1.54) is 11.9 Å². The second-order valence-electron chi connectivity index (χ2n) is 6.27. The zero-order valence-electron chi connectivity index (χ0n) is 16.0. The smallest absolute Gasteiger partial charge is 0.270 e. The summed E-state index contributed by atoms with van der Waals surface area (Å²) in [6.45, 7) is 2.11. The molecule has 10 nitrogen and oxygen atoms in total. The second kappa shape index (κ2) is 8.38. The summed E-state index contributed by atoms with van der Waals surface area (Å²) in [6.07, 6.45) is 3.51. The van der Waals surface area contributed by atoms with Gasteiger partial charge in [-0.05, 0) is 13.0 Å². The van der Waals surface area contributed by atoms with Crippen LogP contribution in [-0.2, 0) is 9.59 Å². The normalized spacial score (nSPS) is 11.7. The SMILES string of the molecule is CCN(C)C(=O)C(=N)C(N=N)C(=O)Nc1ccn2cc(-c3ccccc3)nc2n1. The molecule has 0 saturated heterocycles. The van der Waals surface area contributed by atoms with Crippen molar-refractivity contribution >= 4 is 29.1 Å². The molecule has 0 aliphatic rings. The van der Waals surface area contributed by atoms with Gasteiger partial charge in [-0.1, -0.05) is 30.3 Å². The molecule has 2 amide bonds. The monoisotopic (exact) mass is 392 g/mol. The molecular weight excluding hydrogens is 372 g/mol. The van der Waals surface area contributed by atoms with E-state index < -0.39 is 23.6 Å². The van der Waals surface area contributed by atoms with E-state index in [-0.39, 0.29) is 5.82 Å². The van der Waals surface area contributed by atoms with Crippen molar-refractivity contribution in [3.05, 3.63) is 48.8 Å². The van der Waals surface area contributed by atoms with Crippen molar-refractivity contribution in [3.63, 3.8) is 0 Å². The third-order valence-electron chi connectivity index (χ3n) is 4.35. The first-order chi connectivity index (χ1) is 13.9. The van der Waals surface area contributed by atoms with Gasteiger partial charge >= 0.3 is 0 Å². The lowest BCUT2D eigenvalue weighted by atomic mass is 10.1. The highest BCUT2D eigenvalue weighted by atomic mass is 16.2. The van der Waals surface area contributed by atoms with E-state index >= 15 is 0 Å². The molecule has 3 N–H and O–H groups in total. The van der Waals surface area contributed by atoms with E-state index in [4.69, 9.17) is 10.9 Å². The summed E-state index contributed by atoms with van der Waals surface area (Å²) in [5.41, 5.74) is 8.32. The highest BCUT2D eigenvalue weighted by Crippen LogP contribution is 2.18. The summed E-state index contributed by atoms with van der Waals surface area (Å²) in [7, 11) is 1.51. The molecule has 0 spiro atoms. The van der Waals surface area contributed by atoms with Crippen molar-refractivity contribution in [3.8, 4) is 11.3 Å². The minimum atomic E-state index is -1.55. The van der Waals surface area contributed by atoms with Crippen molar-refractivity contribution in [2.24, 2.45) is 5.11 Å². The number of benzene rings is 1. The number of amides is 2. The van der Waals surface area contributed by atoms with Crippen molar-refractivity contribution in [2.75, 3.05) is 18.9 Å². The number of anilines is 1. The van der Waals surface area contributed by atoms with Gasteiger partial charge in [0.2, 0.25) is 5.78 Å². The topological polar surface area (TPSA) is 140 Å². The molecule has 3 rings (SSSR count). The van der Waals surface area contributed by atoms with Gasteiger partial charge < -0.3 is 10.2 Å². The lowest BCUT2D eigenvalue weighted by Crippen LogP contribution is -2.43. The third-order valence-corrected chi connectivity index (χ3v) is 4.35. The van der Waals surface area contributed by atoms with Crippen LogP contribution in [0.25, 0.3) is 17.0 Å². The quantitative estimate of drug-likeness (QED) is 0.419. The maximum atomic E-state index is 12.5. The second-order valence-corrected chi connectivity index (χ2v) is 6.27. The molecule has 3 aromatic rings. The molecule has 0 radical (unpaired) electrons. The molecule has 0 saturated carbocycles. The Morgan fingerprint density at radius 2 is 1.97 bits per heavy atom. The van der Waals surface area contributed by atoms with Crippen LogP contribution in [0.15, 0.2) is 53.9 Å². The Kier molecular flexibility index (Phi) is 5.72. The molecule has 0 fully saturated rings. The Balaban J connectivity index is 1.80. The van der Waals surface area contributed by atoms with Crippen LogP contribution in [0.4, 0.5) is 5.82 Å². The summed E-state index contributed by atoms with van der Waals surface area (Å²) in [5.74, 6) is -0.884. The number of nitrogens with one attached hydrogen (secondary N) is 3. The molecule has 2 heterocycles. The lowest BCUT2D eigenvalue weighted by molar-refractivity contribution is -0.124. The van der Waals surface area contributed by atoms with E-state index in [0.29, 0.717) is 12.3 Å². The molecular formula is C19H20N8O2. The fourth-order valence-electron chi connectivity index (χ4n) is 2.60. The number of imidazole rings is 1. The van der Waals surface area contributed by atoms with Gasteiger partial charge in [0, 0.05) is 31.5 Å². The minimum absolute atomic E-state index is 0.186. The van der Waals surface area contributed by atoms with Crippen molar-refractivity contribution in [2.45, 2.75) is 13.0 Å². The molecule has 0 aliphatic heterocycles. The first kappa shape index (κ1) is 19.8. The van der Waals surface area contributed by atoms with Gasteiger partial charge in [-0.25, -0.2) is 10.5 Å². The van der Waals surface area contributed by atoms with Crippen LogP contribution in [0.2, 0.25) is 0 Å². The number of carbonyl (C=O) groups is 2. The number of hydrogen-bond acceptors (Lipinski definition) is 7. The molecule has 1 aromatic carbocycles. The van der Waals surface area contributed by atoms with E-state index in [2.05, 4.69) is 20.4 Å². The Labute approximate surface area is 166 Å². The van der Waals surface area contributed by atoms with Gasteiger partial charge in [-0.15, -0.1) is 0 Å². The first-order valence-corrected chi connectivity index (χ1v) is 8.87. The minimum Gasteiger partial charge on any atom is -0.341 e. The van der Waals surface area contributed by atoms with Crippen LogP contribution in [-0.4, -0.2) is 56.4 Å². The van der Waals surface area contributed by atoms with Crippen molar-refractivity contribution < 1.29 is 9.59 Å². The van der Waals surface area contributed by atoms with E-state index in [1.54, 1.807) is 23.6 Å². The van der Waals surface area contributed by atoms with Gasteiger partial charge in [0.05, 0.1) is 5.69 Å². The largest absolute Gasteiger partial charge is 0.341 e. The molecule has 148 valence electrons. The van der Waals surface area contributed by atoms with Gasteiger partial charge in [0.15, 0.2) is 6.04 Å². The Morgan fingerprint density at radius 3 is 2.62 bits per heavy atom. The molecule has 1 unspecified atom stereocenters. The molecule has 10 heteroatoms. The summed E-state index contributed by atoms with van der Waals surface area (Å²) in [6, 6.07) is 9.62. The molecule has 2 aromatic heterocycles. The van der Waals surface area contributed by atoms with Crippen molar-refractivity contribution in [1.29, 1.82) is 10.9 Å². The van der Waals surface area contributed by atoms with Crippen molar-refractivity contribution in [1.82, 2.24) is 19.3 Å². The average molecular weight is 392 g/mol. The highest BCUT2D eigenvalue weighted by Gasteiger charge is 2.30. The number of carbonyl (C=O) groups excluding carboxylic acids is 2. The van der Waals surface area contributed by atoms with Crippen LogP contribution < -0.4 is 5.32 Å². The number of rotatable bonds is 7. The first-order valence-electron chi connectivity index (χ1n) is 8.87. The van der Waals surface area contributed by atoms with Gasteiger partial charge in [-0.2, -0.15) is 10.1 Å². The van der Waals surface area contributed by atoms with E-state index in [1.807, 2.05) is 36.5 Å². The standard InChI is InChI=1S/C19H20N8O2/c1-3-26(2)18(29)15(20)16(25-21)17(28)23-14-9-10-27-11-13(22-19(27)24-14)12-7-5-4-6-8-12/h4-11,16,20-21H,3H2,1-2H3,(H,22,23,24,28).